The van der Waals surface area contributed by atoms with Gasteiger partial charge in [0.25, 0.3) is 0 Å². The molecule has 394 valence electrons. The van der Waals surface area contributed by atoms with Crippen LogP contribution in [0.3, 0.4) is 0 Å². The van der Waals surface area contributed by atoms with Gasteiger partial charge in [-0.3, -0.25) is 14.4 Å². The number of unbranched alkanes of at least 4 members (excludes halogenated alkanes) is 40. The average molecular weight is 944 g/mol. The lowest BCUT2D eigenvalue weighted by atomic mass is 10.0. The van der Waals surface area contributed by atoms with Crippen molar-refractivity contribution in [2.45, 2.75) is 335 Å². The lowest BCUT2D eigenvalue weighted by molar-refractivity contribution is -0.167. The van der Waals surface area contributed by atoms with E-state index in [2.05, 4.69) is 45.1 Å². The molecule has 6 nitrogen and oxygen atoms in total. The van der Waals surface area contributed by atoms with Gasteiger partial charge >= 0.3 is 17.9 Å². The zero-order valence-electron chi connectivity index (χ0n) is 45.2. The molecule has 0 aliphatic carbocycles. The topological polar surface area (TPSA) is 78.9 Å². The molecule has 67 heavy (non-hydrogen) atoms. The second-order valence-electron chi connectivity index (χ2n) is 20.3. The summed E-state index contributed by atoms with van der Waals surface area (Å²) in [5.41, 5.74) is 0. The number of esters is 3. The van der Waals surface area contributed by atoms with E-state index in [1.165, 1.54) is 225 Å². The Labute approximate surface area is 417 Å². The van der Waals surface area contributed by atoms with Gasteiger partial charge in [-0.15, -0.1) is 0 Å². The number of hydrogen-bond donors (Lipinski definition) is 0. The quantitative estimate of drug-likeness (QED) is 0.0262. The van der Waals surface area contributed by atoms with Crippen LogP contribution in [-0.2, 0) is 28.6 Å². The summed E-state index contributed by atoms with van der Waals surface area (Å²) in [6.45, 7) is 6.68. The Morgan fingerprint density at radius 1 is 0.284 bits per heavy atom. The van der Waals surface area contributed by atoms with Crippen molar-refractivity contribution in [1.29, 1.82) is 0 Å². The fourth-order valence-electron chi connectivity index (χ4n) is 8.91. The minimum atomic E-state index is -0.773. The van der Waals surface area contributed by atoms with Gasteiger partial charge in [-0.1, -0.05) is 263 Å². The molecule has 0 spiro atoms. The minimum absolute atomic E-state index is 0.0711. The summed E-state index contributed by atoms with van der Waals surface area (Å²) in [4.78, 5) is 38.2. The zero-order valence-corrected chi connectivity index (χ0v) is 45.2. The van der Waals surface area contributed by atoms with Crippen LogP contribution in [0.4, 0.5) is 0 Å². The van der Waals surface area contributed by atoms with Gasteiger partial charge in [0.2, 0.25) is 0 Å². The molecule has 0 heterocycles. The van der Waals surface area contributed by atoms with Gasteiger partial charge in [-0.05, 0) is 70.6 Å². The highest BCUT2D eigenvalue weighted by molar-refractivity contribution is 5.71. The molecule has 0 saturated heterocycles. The summed E-state index contributed by atoms with van der Waals surface area (Å²) in [7, 11) is 0. The maximum atomic E-state index is 12.9. The monoisotopic (exact) mass is 943 g/mol. The van der Waals surface area contributed by atoms with E-state index < -0.39 is 6.10 Å². The van der Waals surface area contributed by atoms with Crippen LogP contribution in [0.25, 0.3) is 0 Å². The third kappa shape index (κ3) is 54.7. The van der Waals surface area contributed by atoms with Crippen molar-refractivity contribution < 1.29 is 28.6 Å². The van der Waals surface area contributed by atoms with Gasteiger partial charge < -0.3 is 14.2 Å². The molecule has 0 radical (unpaired) electrons. The van der Waals surface area contributed by atoms with E-state index in [-0.39, 0.29) is 31.1 Å². The van der Waals surface area contributed by atoms with Crippen LogP contribution in [0.5, 0.6) is 0 Å². The predicted octanol–water partition coefficient (Wildman–Crippen LogP) is 19.9. The molecule has 0 aromatic carbocycles. The molecule has 0 fully saturated rings. The highest BCUT2D eigenvalue weighted by Gasteiger charge is 2.19. The largest absolute Gasteiger partial charge is 0.462 e. The smallest absolute Gasteiger partial charge is 0.306 e. The van der Waals surface area contributed by atoms with Crippen LogP contribution in [0.2, 0.25) is 0 Å². The number of allylic oxidation sites excluding steroid dienone is 4. The molecule has 0 rings (SSSR count). The SMILES string of the molecule is CCCCCCCC/C=C\CCCCCCCCCC(=O)OC(COC(=O)CCCCCCC/C=C\CCCCCCCCCCC)COC(=O)CCCCCCCCCCCCCCCC. The molecular weight excluding hydrogens is 829 g/mol. The molecule has 0 aliphatic heterocycles. The summed E-state index contributed by atoms with van der Waals surface area (Å²) in [5, 5.41) is 0. The van der Waals surface area contributed by atoms with Crippen LogP contribution < -0.4 is 0 Å². The molecule has 0 aromatic rings. The minimum Gasteiger partial charge on any atom is -0.462 e. The van der Waals surface area contributed by atoms with Crippen molar-refractivity contribution in [3.05, 3.63) is 24.3 Å². The third-order valence-electron chi connectivity index (χ3n) is 13.4. The van der Waals surface area contributed by atoms with Gasteiger partial charge in [0.1, 0.15) is 13.2 Å². The summed E-state index contributed by atoms with van der Waals surface area (Å²) in [5.74, 6) is -0.863. The van der Waals surface area contributed by atoms with Crippen LogP contribution in [0, 0.1) is 0 Å². The van der Waals surface area contributed by atoms with Crippen LogP contribution >= 0.6 is 0 Å². The molecule has 0 amide bonds. The van der Waals surface area contributed by atoms with Crippen LogP contribution in [-0.4, -0.2) is 37.2 Å². The molecule has 0 N–H and O–H groups in total. The van der Waals surface area contributed by atoms with E-state index in [1.807, 2.05) is 0 Å². The summed E-state index contributed by atoms with van der Waals surface area (Å²) >= 11 is 0. The first-order chi connectivity index (χ1) is 33.0. The lowest BCUT2D eigenvalue weighted by Crippen LogP contribution is -2.30. The molecular formula is C61H114O6. The fourth-order valence-corrected chi connectivity index (χ4v) is 8.91. The highest BCUT2D eigenvalue weighted by atomic mass is 16.6. The van der Waals surface area contributed by atoms with Gasteiger partial charge in [0, 0.05) is 19.3 Å². The van der Waals surface area contributed by atoms with Crippen molar-refractivity contribution in [2.24, 2.45) is 0 Å². The molecule has 0 bridgehead atoms. The van der Waals surface area contributed by atoms with Crippen molar-refractivity contribution in [3.63, 3.8) is 0 Å². The second-order valence-corrected chi connectivity index (χ2v) is 20.3. The lowest BCUT2D eigenvalue weighted by Gasteiger charge is -2.18. The van der Waals surface area contributed by atoms with Crippen molar-refractivity contribution in [1.82, 2.24) is 0 Å². The van der Waals surface area contributed by atoms with Gasteiger partial charge in [0.15, 0.2) is 6.10 Å². The normalized spacial score (nSPS) is 12.1. The van der Waals surface area contributed by atoms with Gasteiger partial charge in [-0.2, -0.15) is 0 Å². The molecule has 0 aliphatic rings. The Bertz CT molecular complexity index is 1080. The van der Waals surface area contributed by atoms with Crippen molar-refractivity contribution in [3.8, 4) is 0 Å². The van der Waals surface area contributed by atoms with Crippen molar-refractivity contribution in [2.75, 3.05) is 13.2 Å². The molecule has 6 heteroatoms. The Morgan fingerprint density at radius 2 is 0.493 bits per heavy atom. The van der Waals surface area contributed by atoms with Gasteiger partial charge in [-0.25, -0.2) is 0 Å². The fraction of sp³-hybridized carbons (Fsp3) is 0.885. The maximum absolute atomic E-state index is 12.9. The predicted molar refractivity (Wildman–Crippen MR) is 289 cm³/mol. The second kappa shape index (κ2) is 56.5. The Kier molecular flexibility index (Phi) is 54.7. The molecule has 0 aromatic heterocycles. The Morgan fingerprint density at radius 3 is 0.746 bits per heavy atom. The summed E-state index contributed by atoms with van der Waals surface area (Å²) < 4.78 is 16.9. The Hall–Kier alpha value is -2.11. The summed E-state index contributed by atoms with van der Waals surface area (Å²) in [6.07, 6.45) is 66.0. The van der Waals surface area contributed by atoms with E-state index in [4.69, 9.17) is 14.2 Å². The highest BCUT2D eigenvalue weighted by Crippen LogP contribution is 2.17. The van der Waals surface area contributed by atoms with Crippen LogP contribution in [0.15, 0.2) is 24.3 Å². The first kappa shape index (κ1) is 64.9. The first-order valence-corrected chi connectivity index (χ1v) is 29.8. The number of carbonyl (C=O) groups is 3. The molecule has 1 atom stereocenters. The third-order valence-corrected chi connectivity index (χ3v) is 13.4. The molecule has 0 saturated carbocycles. The first-order valence-electron chi connectivity index (χ1n) is 29.8. The van der Waals surface area contributed by atoms with Gasteiger partial charge in [0.05, 0.1) is 0 Å². The van der Waals surface area contributed by atoms with E-state index in [1.54, 1.807) is 0 Å². The number of carbonyl (C=O) groups excluding carboxylic acids is 3. The van der Waals surface area contributed by atoms with E-state index >= 15 is 0 Å². The molecule has 1 unspecified atom stereocenters. The Balaban J connectivity index is 4.34. The van der Waals surface area contributed by atoms with Crippen molar-refractivity contribution >= 4 is 17.9 Å². The summed E-state index contributed by atoms with van der Waals surface area (Å²) in [6, 6.07) is 0. The number of ether oxygens (including phenoxy) is 3. The zero-order chi connectivity index (χ0) is 48.6. The average Bonchev–Trinajstić information content (AvgIpc) is 3.33. The van der Waals surface area contributed by atoms with E-state index in [0.717, 1.165) is 64.2 Å². The van der Waals surface area contributed by atoms with E-state index in [0.29, 0.717) is 19.3 Å². The number of hydrogen-bond acceptors (Lipinski definition) is 6. The number of rotatable bonds is 55. The van der Waals surface area contributed by atoms with E-state index in [9.17, 15) is 14.4 Å². The maximum Gasteiger partial charge on any atom is 0.306 e. The standard InChI is InChI=1S/C61H114O6/c1-4-7-10-13-16-19-22-25-28-30-32-33-36-39-42-45-48-51-54-60(63)66-57-58(56-65-59(62)53-50-47-44-41-38-35-27-24-21-18-15-12-9-6-3)67-61(64)55-52-49-46-43-40-37-34-31-29-26-23-20-17-14-11-8-5-2/h26,29,32-33,58H,4-25,27-28,30-31,34-57H2,1-3H3/b29-26-,33-32-. The van der Waals surface area contributed by atoms with Crippen LogP contribution in [0.1, 0.15) is 329 Å².